The van der Waals surface area contributed by atoms with Gasteiger partial charge >= 0.3 is 0 Å². The highest BCUT2D eigenvalue weighted by atomic mass is 32.1. The van der Waals surface area contributed by atoms with Crippen LogP contribution >= 0.6 is 12.6 Å². The van der Waals surface area contributed by atoms with E-state index >= 15 is 0 Å². The molecule has 0 spiro atoms. The van der Waals surface area contributed by atoms with E-state index in [0.717, 1.165) is 0 Å². The SMILES string of the molecule is C=C(C#CC#CC#CC#CC#CC#CC#CC#CC)OCCS. The van der Waals surface area contributed by atoms with Crippen molar-refractivity contribution in [2.45, 2.75) is 6.92 Å². The van der Waals surface area contributed by atoms with Crippen molar-refractivity contribution in [3.8, 4) is 94.7 Å². The van der Waals surface area contributed by atoms with E-state index in [-0.39, 0.29) is 0 Å². The standard InChI is InChI=1S/C21H10OS/c1-3-4-5-6-7-8-9-10-11-12-13-14-15-16-17-18-21(2)22-19-20-23/h23H,2,19-20H2,1H3. The van der Waals surface area contributed by atoms with Crippen LogP contribution in [-0.2, 0) is 4.74 Å². The minimum absolute atomic E-state index is 0.351. The van der Waals surface area contributed by atoms with Gasteiger partial charge in [0.25, 0.3) is 0 Å². The molecule has 23 heavy (non-hydrogen) atoms. The zero-order chi connectivity index (χ0) is 17.0. The third-order valence-corrected chi connectivity index (χ3v) is 1.69. The van der Waals surface area contributed by atoms with Crippen molar-refractivity contribution >= 4 is 12.6 Å². The van der Waals surface area contributed by atoms with Gasteiger partial charge in [0.05, 0.1) is 6.61 Å². The van der Waals surface area contributed by atoms with E-state index in [0.29, 0.717) is 18.1 Å². The van der Waals surface area contributed by atoms with E-state index in [2.05, 4.69) is 114 Å². The van der Waals surface area contributed by atoms with Gasteiger partial charge in [0.2, 0.25) is 0 Å². The highest BCUT2D eigenvalue weighted by molar-refractivity contribution is 7.80. The normalized spacial score (nSPS) is 5.30. The molecule has 2 heteroatoms. The van der Waals surface area contributed by atoms with Gasteiger partial charge in [0.1, 0.15) is 0 Å². The average Bonchev–Trinajstić information content (AvgIpc) is 2.56. The summed E-state index contributed by atoms with van der Waals surface area (Å²) >= 11 is 4.00. The number of hydrogen-bond donors (Lipinski definition) is 1. The summed E-state index contributed by atoms with van der Waals surface area (Å²) in [4.78, 5) is 0. The molecule has 0 aromatic carbocycles. The maximum atomic E-state index is 5.10. The zero-order valence-electron chi connectivity index (χ0n) is 12.5. The highest BCUT2D eigenvalue weighted by Crippen LogP contribution is 1.90. The second-order valence-corrected chi connectivity index (χ2v) is 3.57. The molecule has 0 atom stereocenters. The van der Waals surface area contributed by atoms with Crippen LogP contribution in [0.3, 0.4) is 0 Å². The Morgan fingerprint density at radius 3 is 1.52 bits per heavy atom. The third kappa shape index (κ3) is 16.3. The van der Waals surface area contributed by atoms with Crippen LogP contribution in [0.15, 0.2) is 12.3 Å². The van der Waals surface area contributed by atoms with E-state index in [4.69, 9.17) is 4.74 Å². The Labute approximate surface area is 144 Å². The lowest BCUT2D eigenvalue weighted by molar-refractivity contribution is 0.251. The molecule has 106 valence electrons. The van der Waals surface area contributed by atoms with Crippen LogP contribution in [0.2, 0.25) is 0 Å². The van der Waals surface area contributed by atoms with Gasteiger partial charge in [0, 0.05) is 5.75 Å². The van der Waals surface area contributed by atoms with Crippen molar-refractivity contribution < 1.29 is 4.74 Å². The Hall–Kier alpha value is -3.63. The maximum Gasteiger partial charge on any atom is 0.163 e. The van der Waals surface area contributed by atoms with Gasteiger partial charge in [-0.2, -0.15) is 12.6 Å². The van der Waals surface area contributed by atoms with E-state index in [9.17, 15) is 0 Å². The molecule has 0 aliphatic heterocycles. The Morgan fingerprint density at radius 1 is 0.739 bits per heavy atom. The van der Waals surface area contributed by atoms with Crippen LogP contribution in [0.5, 0.6) is 0 Å². The van der Waals surface area contributed by atoms with Crippen LogP contribution in [0.25, 0.3) is 0 Å². The molecular weight excluding hydrogens is 300 g/mol. The third-order valence-electron chi connectivity index (χ3n) is 1.51. The Morgan fingerprint density at radius 2 is 1.13 bits per heavy atom. The van der Waals surface area contributed by atoms with Crippen LogP contribution in [-0.4, -0.2) is 12.4 Å². The van der Waals surface area contributed by atoms with Gasteiger partial charge < -0.3 is 4.74 Å². The van der Waals surface area contributed by atoms with Crippen LogP contribution in [0.1, 0.15) is 6.92 Å². The minimum Gasteiger partial charge on any atom is -0.485 e. The molecule has 0 radical (unpaired) electrons. The predicted molar refractivity (Wildman–Crippen MR) is 96.8 cm³/mol. The summed E-state index contributed by atoms with van der Waals surface area (Å²) < 4.78 is 5.10. The van der Waals surface area contributed by atoms with E-state index in [1.165, 1.54) is 0 Å². The fourth-order valence-electron chi connectivity index (χ4n) is 0.743. The smallest absolute Gasteiger partial charge is 0.163 e. The van der Waals surface area contributed by atoms with Crippen molar-refractivity contribution in [1.82, 2.24) is 0 Å². The molecule has 0 bridgehead atoms. The van der Waals surface area contributed by atoms with Crippen molar-refractivity contribution in [3.05, 3.63) is 12.3 Å². The molecule has 0 aliphatic rings. The summed E-state index contributed by atoms with van der Waals surface area (Å²) in [6.07, 6.45) is 0. The molecule has 0 fully saturated rings. The molecule has 0 saturated heterocycles. The van der Waals surface area contributed by atoms with Gasteiger partial charge in [-0.15, -0.1) is 0 Å². The van der Waals surface area contributed by atoms with Gasteiger partial charge in [-0.05, 0) is 102 Å². The molecule has 0 heterocycles. The van der Waals surface area contributed by atoms with Crippen LogP contribution in [0, 0.1) is 94.7 Å². The average molecular weight is 310 g/mol. The van der Waals surface area contributed by atoms with Crippen molar-refractivity contribution in [1.29, 1.82) is 0 Å². The Balaban J connectivity index is 4.31. The van der Waals surface area contributed by atoms with Crippen LogP contribution in [0.4, 0.5) is 0 Å². The summed E-state index contributed by atoms with van der Waals surface area (Å²) in [7, 11) is 0. The van der Waals surface area contributed by atoms with Gasteiger partial charge in [-0.25, -0.2) is 0 Å². The fourth-order valence-corrected chi connectivity index (χ4v) is 0.835. The maximum absolute atomic E-state index is 5.10. The Bertz CT molecular complexity index is 921. The largest absolute Gasteiger partial charge is 0.485 e. The summed E-state index contributed by atoms with van der Waals surface area (Å²) in [6.45, 7) is 5.76. The van der Waals surface area contributed by atoms with Gasteiger partial charge in [0.15, 0.2) is 5.76 Å². The summed E-state index contributed by atoms with van der Waals surface area (Å²) in [5.74, 6) is 41.5. The van der Waals surface area contributed by atoms with Crippen molar-refractivity contribution in [2.75, 3.05) is 12.4 Å². The lowest BCUT2D eigenvalue weighted by Crippen LogP contribution is -1.92. The van der Waals surface area contributed by atoms with E-state index < -0.39 is 0 Å². The first kappa shape index (κ1) is 19.4. The lowest BCUT2D eigenvalue weighted by atomic mass is 10.4. The molecule has 0 aliphatic carbocycles. The highest BCUT2D eigenvalue weighted by Gasteiger charge is 1.84. The fraction of sp³-hybridized carbons (Fsp3) is 0.143. The number of ether oxygens (including phenoxy) is 1. The predicted octanol–water partition coefficient (Wildman–Crippen LogP) is 1.49. The molecule has 0 saturated carbocycles. The second-order valence-electron chi connectivity index (χ2n) is 3.12. The first-order valence-electron chi connectivity index (χ1n) is 6.16. The van der Waals surface area contributed by atoms with E-state index in [1.54, 1.807) is 6.92 Å². The molecule has 0 rings (SSSR count). The summed E-state index contributed by atoms with van der Waals surface area (Å²) in [5.41, 5.74) is 0. The number of allylic oxidation sites excluding steroid dienone is 1. The van der Waals surface area contributed by atoms with Crippen LogP contribution < -0.4 is 0 Å². The minimum atomic E-state index is 0.351. The molecule has 0 aromatic rings. The zero-order valence-corrected chi connectivity index (χ0v) is 13.4. The molecule has 0 N–H and O–H groups in total. The molecule has 0 aromatic heterocycles. The quantitative estimate of drug-likeness (QED) is 0.472. The number of rotatable bonds is 3. The number of hydrogen-bond acceptors (Lipinski definition) is 2. The topological polar surface area (TPSA) is 9.23 Å². The molecule has 0 unspecified atom stereocenters. The molecule has 1 nitrogen and oxygen atoms in total. The molecular formula is C21H10OS. The van der Waals surface area contributed by atoms with Crippen molar-refractivity contribution in [2.24, 2.45) is 0 Å². The second kappa shape index (κ2) is 16.4. The van der Waals surface area contributed by atoms with Crippen molar-refractivity contribution in [3.63, 3.8) is 0 Å². The van der Waals surface area contributed by atoms with Gasteiger partial charge in [-0.3, -0.25) is 0 Å². The van der Waals surface area contributed by atoms with Gasteiger partial charge in [-0.1, -0.05) is 5.92 Å². The first-order valence-corrected chi connectivity index (χ1v) is 6.80. The summed E-state index contributed by atoms with van der Waals surface area (Å²) in [5, 5.41) is 0. The molecule has 0 amide bonds. The summed E-state index contributed by atoms with van der Waals surface area (Å²) in [6, 6.07) is 0. The lowest BCUT2D eigenvalue weighted by Gasteiger charge is -1.98. The van der Waals surface area contributed by atoms with E-state index in [1.807, 2.05) is 0 Å². The Kier molecular flexibility index (Phi) is 13.8. The number of thiol groups is 1. The first-order chi connectivity index (χ1) is 11.3. The monoisotopic (exact) mass is 310 g/mol.